The summed E-state index contributed by atoms with van der Waals surface area (Å²) in [6.07, 6.45) is 3.99. The van der Waals surface area contributed by atoms with Gasteiger partial charge in [0.05, 0.1) is 11.8 Å². The van der Waals surface area contributed by atoms with Crippen molar-refractivity contribution in [3.63, 3.8) is 0 Å². The molecule has 1 aliphatic carbocycles. The molecule has 1 atom stereocenters. The fourth-order valence-corrected chi connectivity index (χ4v) is 3.86. The number of nitrogens with zero attached hydrogens (tertiary/aromatic N) is 2. The van der Waals surface area contributed by atoms with Gasteiger partial charge in [0.2, 0.25) is 0 Å². The van der Waals surface area contributed by atoms with E-state index in [9.17, 15) is 10.1 Å². The standard InChI is InChI=1S/C17H15ClN2OS/c18-13-7-5-11(6-8-13)15-10-22-17(20-15)14(9-19)16(21)12-3-1-2-4-12/h5-8,10,12,14H,1-4H2. The van der Waals surface area contributed by atoms with Gasteiger partial charge in [-0.05, 0) is 25.0 Å². The van der Waals surface area contributed by atoms with E-state index in [1.165, 1.54) is 11.3 Å². The molecule has 0 N–H and O–H groups in total. The monoisotopic (exact) mass is 330 g/mol. The number of aromatic nitrogens is 1. The maximum absolute atomic E-state index is 12.5. The maximum atomic E-state index is 12.5. The van der Waals surface area contributed by atoms with Gasteiger partial charge in [0.25, 0.3) is 0 Å². The zero-order valence-corrected chi connectivity index (χ0v) is 13.5. The van der Waals surface area contributed by atoms with Crippen LogP contribution in [0.2, 0.25) is 5.02 Å². The normalized spacial score (nSPS) is 16.4. The van der Waals surface area contributed by atoms with Crippen LogP contribution in [0.5, 0.6) is 0 Å². The Bertz CT molecular complexity index is 711. The van der Waals surface area contributed by atoms with Gasteiger partial charge in [0.1, 0.15) is 5.01 Å². The summed E-state index contributed by atoms with van der Waals surface area (Å²) in [5.74, 6) is -0.654. The lowest BCUT2D eigenvalue weighted by Gasteiger charge is -2.10. The molecule has 0 aliphatic heterocycles. The van der Waals surface area contributed by atoms with Gasteiger partial charge in [-0.25, -0.2) is 4.98 Å². The highest BCUT2D eigenvalue weighted by molar-refractivity contribution is 7.10. The SMILES string of the molecule is N#CC(C(=O)C1CCCC1)c1nc(-c2ccc(Cl)cc2)cs1. The van der Waals surface area contributed by atoms with Gasteiger partial charge in [0, 0.05) is 21.9 Å². The molecule has 22 heavy (non-hydrogen) atoms. The van der Waals surface area contributed by atoms with E-state index in [0.717, 1.165) is 36.9 Å². The summed E-state index contributed by atoms with van der Waals surface area (Å²) in [6.45, 7) is 0. The van der Waals surface area contributed by atoms with Crippen molar-refractivity contribution in [2.24, 2.45) is 5.92 Å². The average Bonchev–Trinajstić information content (AvgIpc) is 3.20. The van der Waals surface area contributed by atoms with Crippen LogP contribution in [-0.4, -0.2) is 10.8 Å². The summed E-state index contributed by atoms with van der Waals surface area (Å²) in [5, 5.41) is 12.6. The summed E-state index contributed by atoms with van der Waals surface area (Å²) in [4.78, 5) is 17.0. The molecule has 1 fully saturated rings. The second kappa shape index (κ2) is 6.60. The molecular formula is C17H15ClN2OS. The third-order valence-corrected chi connectivity index (χ3v) is 5.24. The van der Waals surface area contributed by atoms with Gasteiger partial charge < -0.3 is 0 Å². The van der Waals surface area contributed by atoms with Crippen LogP contribution in [0.3, 0.4) is 0 Å². The molecule has 5 heteroatoms. The summed E-state index contributed by atoms with van der Waals surface area (Å²) in [7, 11) is 0. The van der Waals surface area contributed by atoms with Crippen molar-refractivity contribution in [1.82, 2.24) is 4.98 Å². The van der Waals surface area contributed by atoms with E-state index >= 15 is 0 Å². The number of hydrogen-bond acceptors (Lipinski definition) is 4. The third-order valence-electron chi connectivity index (χ3n) is 4.08. The number of hydrogen-bond donors (Lipinski definition) is 0. The first kappa shape index (κ1) is 15.2. The quantitative estimate of drug-likeness (QED) is 0.806. The first-order valence-corrected chi connectivity index (χ1v) is 8.59. The molecule has 1 aromatic heterocycles. The number of Topliss-reactive ketones (excluding diaryl/α,β-unsaturated/α-hetero) is 1. The Morgan fingerprint density at radius 2 is 2.00 bits per heavy atom. The van der Waals surface area contributed by atoms with Crippen LogP contribution in [0.1, 0.15) is 36.6 Å². The Hall–Kier alpha value is -1.70. The summed E-state index contributed by atoms with van der Waals surface area (Å²) in [5.41, 5.74) is 1.73. The van der Waals surface area contributed by atoms with Crippen molar-refractivity contribution in [3.8, 4) is 17.3 Å². The van der Waals surface area contributed by atoms with Crippen LogP contribution >= 0.6 is 22.9 Å². The molecule has 1 heterocycles. The van der Waals surface area contributed by atoms with Gasteiger partial charge in [-0.15, -0.1) is 11.3 Å². The third kappa shape index (κ3) is 3.06. The summed E-state index contributed by atoms with van der Waals surface area (Å²) >= 11 is 7.27. The Kier molecular flexibility index (Phi) is 4.56. The topological polar surface area (TPSA) is 53.8 Å². The van der Waals surface area contributed by atoms with Crippen molar-refractivity contribution in [3.05, 3.63) is 39.7 Å². The van der Waals surface area contributed by atoms with E-state index in [0.29, 0.717) is 10.0 Å². The van der Waals surface area contributed by atoms with Crippen molar-refractivity contribution in [1.29, 1.82) is 5.26 Å². The number of nitriles is 1. The lowest BCUT2D eigenvalue weighted by Crippen LogP contribution is -2.18. The van der Waals surface area contributed by atoms with E-state index in [2.05, 4.69) is 11.1 Å². The number of thiazole rings is 1. The van der Waals surface area contributed by atoms with E-state index in [4.69, 9.17) is 11.6 Å². The molecule has 3 nitrogen and oxygen atoms in total. The largest absolute Gasteiger partial charge is 0.297 e. The average molecular weight is 331 g/mol. The highest BCUT2D eigenvalue weighted by atomic mass is 35.5. The predicted octanol–water partition coefficient (Wildman–Crippen LogP) is 4.83. The first-order chi connectivity index (χ1) is 10.7. The summed E-state index contributed by atoms with van der Waals surface area (Å²) in [6, 6.07) is 9.54. The Morgan fingerprint density at radius 3 is 2.64 bits per heavy atom. The van der Waals surface area contributed by atoms with Gasteiger partial charge in [0.15, 0.2) is 11.7 Å². The van der Waals surface area contributed by atoms with Crippen LogP contribution < -0.4 is 0 Å². The molecule has 112 valence electrons. The molecule has 0 spiro atoms. The Morgan fingerprint density at radius 1 is 1.32 bits per heavy atom. The van der Waals surface area contributed by atoms with Crippen molar-refractivity contribution < 1.29 is 4.79 Å². The second-order valence-electron chi connectivity index (χ2n) is 5.52. The molecule has 2 aromatic rings. The number of carbonyl (C=O) groups is 1. The van der Waals surface area contributed by atoms with Gasteiger partial charge >= 0.3 is 0 Å². The highest BCUT2D eigenvalue weighted by Gasteiger charge is 2.32. The van der Waals surface area contributed by atoms with Crippen LogP contribution in [-0.2, 0) is 4.79 Å². The molecule has 3 rings (SSSR count). The number of benzene rings is 1. The molecule has 0 saturated heterocycles. The molecule has 0 radical (unpaired) electrons. The predicted molar refractivity (Wildman–Crippen MR) is 87.9 cm³/mol. The number of carbonyl (C=O) groups excluding carboxylic acids is 1. The van der Waals surface area contributed by atoms with Crippen molar-refractivity contribution >= 4 is 28.7 Å². The van der Waals surface area contributed by atoms with Crippen LogP contribution in [0.25, 0.3) is 11.3 Å². The number of rotatable bonds is 4. The van der Waals surface area contributed by atoms with Crippen LogP contribution in [0, 0.1) is 17.2 Å². The number of ketones is 1. The van der Waals surface area contributed by atoms with Gasteiger partial charge in [-0.1, -0.05) is 36.6 Å². The molecule has 0 amide bonds. The molecule has 1 unspecified atom stereocenters. The smallest absolute Gasteiger partial charge is 0.160 e. The second-order valence-corrected chi connectivity index (χ2v) is 6.85. The maximum Gasteiger partial charge on any atom is 0.160 e. The summed E-state index contributed by atoms with van der Waals surface area (Å²) < 4.78 is 0. The Labute approximate surface area is 138 Å². The Balaban J connectivity index is 1.83. The lowest BCUT2D eigenvalue weighted by molar-refractivity contribution is -0.123. The van der Waals surface area contributed by atoms with E-state index in [1.54, 1.807) is 12.1 Å². The molecular weight excluding hydrogens is 316 g/mol. The highest BCUT2D eigenvalue weighted by Crippen LogP contribution is 2.33. The zero-order valence-electron chi connectivity index (χ0n) is 12.0. The molecule has 1 aliphatic rings. The van der Waals surface area contributed by atoms with E-state index < -0.39 is 5.92 Å². The molecule has 0 bridgehead atoms. The molecule has 1 saturated carbocycles. The van der Waals surface area contributed by atoms with Gasteiger partial charge in [-0.2, -0.15) is 5.26 Å². The molecule has 1 aromatic carbocycles. The lowest BCUT2D eigenvalue weighted by atomic mass is 9.93. The fourth-order valence-electron chi connectivity index (χ4n) is 2.86. The number of halogens is 1. The van der Waals surface area contributed by atoms with E-state index in [-0.39, 0.29) is 11.7 Å². The van der Waals surface area contributed by atoms with Gasteiger partial charge in [-0.3, -0.25) is 4.79 Å². The van der Waals surface area contributed by atoms with Crippen molar-refractivity contribution in [2.75, 3.05) is 0 Å². The van der Waals surface area contributed by atoms with Crippen LogP contribution in [0.15, 0.2) is 29.6 Å². The fraction of sp³-hybridized carbons (Fsp3) is 0.353. The minimum Gasteiger partial charge on any atom is -0.297 e. The minimum absolute atomic E-state index is 0.0348. The van der Waals surface area contributed by atoms with E-state index in [1.807, 2.05) is 17.5 Å². The minimum atomic E-state index is -0.728. The van der Waals surface area contributed by atoms with Crippen LogP contribution in [0.4, 0.5) is 0 Å². The van der Waals surface area contributed by atoms with Crippen molar-refractivity contribution in [2.45, 2.75) is 31.6 Å². The first-order valence-electron chi connectivity index (χ1n) is 7.33. The zero-order chi connectivity index (χ0) is 15.5.